The van der Waals surface area contributed by atoms with Gasteiger partial charge in [0.15, 0.2) is 11.5 Å². The van der Waals surface area contributed by atoms with Crippen molar-refractivity contribution in [3.63, 3.8) is 0 Å². The van der Waals surface area contributed by atoms with Crippen molar-refractivity contribution >= 4 is 18.0 Å². The molecule has 7 heteroatoms. The second-order valence-corrected chi connectivity index (χ2v) is 8.11. The maximum atomic E-state index is 12.4. The highest BCUT2D eigenvalue weighted by Crippen LogP contribution is 2.45. The smallest absolute Gasteiger partial charge is 0.210 e. The van der Waals surface area contributed by atoms with Crippen LogP contribution in [-0.4, -0.2) is 39.2 Å². The standard InChI is InChI=1S/C26H26ClNO5/c1-30-18-8-10-19(11-9-18)33-15-24-21-14-26(32-3)25(31-2)13-17(21)12-23(28(24)16-29)20-6-4-5-7-22(20)27/h4-11,13-14,16,23-24H,12,15H2,1-3H3. The number of rotatable bonds is 8. The molecule has 1 aliphatic rings. The van der Waals surface area contributed by atoms with E-state index in [0.717, 1.165) is 28.8 Å². The van der Waals surface area contributed by atoms with E-state index in [4.69, 9.17) is 30.5 Å². The minimum Gasteiger partial charge on any atom is -0.497 e. The number of ether oxygens (including phenoxy) is 4. The van der Waals surface area contributed by atoms with E-state index in [-0.39, 0.29) is 18.7 Å². The molecule has 33 heavy (non-hydrogen) atoms. The van der Waals surface area contributed by atoms with Crippen LogP contribution in [0.3, 0.4) is 0 Å². The number of methoxy groups -OCH3 is 3. The topological polar surface area (TPSA) is 57.2 Å². The van der Waals surface area contributed by atoms with Crippen LogP contribution in [0.1, 0.15) is 28.8 Å². The quantitative estimate of drug-likeness (QED) is 0.424. The lowest BCUT2D eigenvalue weighted by Gasteiger charge is -2.41. The van der Waals surface area contributed by atoms with Crippen molar-refractivity contribution < 1.29 is 23.7 Å². The zero-order chi connectivity index (χ0) is 23.4. The first kappa shape index (κ1) is 22.8. The molecule has 0 saturated heterocycles. The number of carbonyl (C=O) groups is 1. The van der Waals surface area contributed by atoms with Crippen LogP contribution in [0, 0.1) is 0 Å². The molecule has 0 fully saturated rings. The summed E-state index contributed by atoms with van der Waals surface area (Å²) in [5.74, 6) is 2.68. The van der Waals surface area contributed by atoms with Gasteiger partial charge in [-0.05, 0) is 65.6 Å². The predicted molar refractivity (Wildman–Crippen MR) is 127 cm³/mol. The summed E-state index contributed by atoms with van der Waals surface area (Å²) < 4.78 is 22.4. The van der Waals surface area contributed by atoms with Crippen molar-refractivity contribution in [3.8, 4) is 23.0 Å². The van der Waals surface area contributed by atoms with Gasteiger partial charge in [0.05, 0.1) is 33.4 Å². The van der Waals surface area contributed by atoms with Gasteiger partial charge in [-0.1, -0.05) is 29.8 Å². The number of hydrogen-bond acceptors (Lipinski definition) is 5. The van der Waals surface area contributed by atoms with Crippen molar-refractivity contribution in [2.45, 2.75) is 18.5 Å². The molecular formula is C26H26ClNO5. The van der Waals surface area contributed by atoms with Gasteiger partial charge >= 0.3 is 0 Å². The van der Waals surface area contributed by atoms with Crippen LogP contribution in [0.2, 0.25) is 5.02 Å². The molecule has 0 spiro atoms. The largest absolute Gasteiger partial charge is 0.497 e. The van der Waals surface area contributed by atoms with E-state index in [0.29, 0.717) is 28.7 Å². The maximum absolute atomic E-state index is 12.4. The number of halogens is 1. The monoisotopic (exact) mass is 467 g/mol. The highest BCUT2D eigenvalue weighted by molar-refractivity contribution is 6.31. The molecule has 0 N–H and O–H groups in total. The summed E-state index contributed by atoms with van der Waals surface area (Å²) in [4.78, 5) is 14.2. The van der Waals surface area contributed by atoms with E-state index in [2.05, 4.69) is 0 Å². The third-order valence-electron chi connectivity index (χ3n) is 5.99. The first-order chi connectivity index (χ1) is 16.1. The van der Waals surface area contributed by atoms with E-state index < -0.39 is 0 Å². The summed E-state index contributed by atoms with van der Waals surface area (Å²) in [5, 5.41) is 0.619. The number of hydrogen-bond donors (Lipinski definition) is 0. The number of carbonyl (C=O) groups excluding carboxylic acids is 1. The molecule has 1 aliphatic heterocycles. The highest BCUT2D eigenvalue weighted by atomic mass is 35.5. The van der Waals surface area contributed by atoms with Crippen LogP contribution >= 0.6 is 11.6 Å². The molecular weight excluding hydrogens is 442 g/mol. The molecule has 4 rings (SSSR count). The molecule has 3 aromatic rings. The van der Waals surface area contributed by atoms with Crippen molar-refractivity contribution in [2.75, 3.05) is 27.9 Å². The number of nitrogens with zero attached hydrogens (tertiary/aromatic N) is 1. The first-order valence-electron chi connectivity index (χ1n) is 10.6. The van der Waals surface area contributed by atoms with Gasteiger partial charge in [-0.2, -0.15) is 0 Å². The average Bonchev–Trinajstić information content (AvgIpc) is 2.86. The molecule has 172 valence electrons. The van der Waals surface area contributed by atoms with Gasteiger partial charge in [0, 0.05) is 5.02 Å². The van der Waals surface area contributed by atoms with E-state index >= 15 is 0 Å². The summed E-state index contributed by atoms with van der Waals surface area (Å²) in [7, 11) is 4.83. The Hall–Kier alpha value is -3.38. The summed E-state index contributed by atoms with van der Waals surface area (Å²) >= 11 is 6.53. The van der Waals surface area contributed by atoms with Gasteiger partial charge in [0.25, 0.3) is 0 Å². The molecule has 1 heterocycles. The van der Waals surface area contributed by atoms with Crippen LogP contribution in [0.4, 0.5) is 0 Å². The molecule has 0 radical (unpaired) electrons. The van der Waals surface area contributed by atoms with Gasteiger partial charge in [-0.15, -0.1) is 0 Å². The minimum atomic E-state index is -0.352. The van der Waals surface area contributed by atoms with Crippen LogP contribution in [0.25, 0.3) is 0 Å². The fourth-order valence-electron chi connectivity index (χ4n) is 4.30. The van der Waals surface area contributed by atoms with E-state index in [1.54, 1.807) is 26.2 Å². The molecule has 2 atom stereocenters. The molecule has 0 aliphatic carbocycles. The fraction of sp³-hybridized carbons (Fsp3) is 0.269. The Morgan fingerprint density at radius 1 is 0.909 bits per heavy atom. The molecule has 0 bridgehead atoms. The lowest BCUT2D eigenvalue weighted by atomic mass is 9.85. The Kier molecular flexibility index (Phi) is 6.94. The Bertz CT molecular complexity index is 1120. The molecule has 0 saturated carbocycles. The predicted octanol–water partition coefficient (Wildman–Crippen LogP) is 5.24. The van der Waals surface area contributed by atoms with Gasteiger partial charge in [0.2, 0.25) is 6.41 Å². The summed E-state index contributed by atoms with van der Waals surface area (Å²) in [6.45, 7) is 0.258. The summed E-state index contributed by atoms with van der Waals surface area (Å²) in [5.41, 5.74) is 2.90. The average molecular weight is 468 g/mol. The van der Waals surface area contributed by atoms with Crippen LogP contribution < -0.4 is 18.9 Å². The van der Waals surface area contributed by atoms with E-state index in [9.17, 15) is 4.79 Å². The SMILES string of the molecule is COc1ccc(OCC2c3cc(OC)c(OC)cc3CC(c3ccccc3Cl)N2C=O)cc1. The lowest BCUT2D eigenvalue weighted by molar-refractivity contribution is -0.124. The Balaban J connectivity index is 1.75. The highest BCUT2D eigenvalue weighted by Gasteiger charge is 2.36. The normalized spacial score (nSPS) is 17.2. The minimum absolute atomic E-state index is 0.244. The zero-order valence-corrected chi connectivity index (χ0v) is 19.5. The van der Waals surface area contributed by atoms with Crippen molar-refractivity contribution in [1.82, 2.24) is 4.90 Å². The third kappa shape index (κ3) is 4.57. The molecule has 0 aromatic heterocycles. The van der Waals surface area contributed by atoms with Crippen LogP contribution in [0.15, 0.2) is 60.7 Å². The van der Waals surface area contributed by atoms with E-state index in [1.807, 2.05) is 60.7 Å². The third-order valence-corrected chi connectivity index (χ3v) is 6.33. The van der Waals surface area contributed by atoms with Crippen molar-refractivity contribution in [1.29, 1.82) is 0 Å². The van der Waals surface area contributed by atoms with Gasteiger partial charge in [0.1, 0.15) is 18.1 Å². The second kappa shape index (κ2) is 10.0. The maximum Gasteiger partial charge on any atom is 0.210 e. The molecule has 1 amide bonds. The second-order valence-electron chi connectivity index (χ2n) is 7.70. The van der Waals surface area contributed by atoms with Crippen molar-refractivity contribution in [3.05, 3.63) is 82.4 Å². The number of fused-ring (bicyclic) bond motifs is 1. The van der Waals surface area contributed by atoms with Crippen LogP contribution in [0.5, 0.6) is 23.0 Å². The van der Waals surface area contributed by atoms with E-state index in [1.165, 1.54) is 0 Å². The van der Waals surface area contributed by atoms with Crippen LogP contribution in [-0.2, 0) is 11.2 Å². The Morgan fingerprint density at radius 2 is 1.58 bits per heavy atom. The number of amides is 1. The van der Waals surface area contributed by atoms with Gasteiger partial charge in [-0.25, -0.2) is 0 Å². The Morgan fingerprint density at radius 3 is 2.21 bits per heavy atom. The summed E-state index contributed by atoms with van der Waals surface area (Å²) in [6.07, 6.45) is 1.47. The first-order valence-corrected chi connectivity index (χ1v) is 11.0. The van der Waals surface area contributed by atoms with Gasteiger partial charge < -0.3 is 23.8 Å². The summed E-state index contributed by atoms with van der Waals surface area (Å²) in [6, 6.07) is 18.3. The Labute approximate surface area is 198 Å². The zero-order valence-electron chi connectivity index (χ0n) is 18.8. The molecule has 3 aromatic carbocycles. The molecule has 6 nitrogen and oxygen atoms in total. The fourth-order valence-corrected chi connectivity index (χ4v) is 4.56. The lowest BCUT2D eigenvalue weighted by Crippen LogP contribution is -2.40. The molecule has 2 unspecified atom stereocenters. The number of benzene rings is 3. The van der Waals surface area contributed by atoms with Crippen molar-refractivity contribution in [2.24, 2.45) is 0 Å². The van der Waals surface area contributed by atoms with Gasteiger partial charge in [-0.3, -0.25) is 4.79 Å².